The van der Waals surface area contributed by atoms with Gasteiger partial charge < -0.3 is 20.7 Å². The number of hydrogen-bond donors (Lipinski definition) is 2. The second kappa shape index (κ2) is 7.21. The maximum atomic E-state index is 12.2. The van der Waals surface area contributed by atoms with Crippen molar-refractivity contribution in [3.63, 3.8) is 0 Å². The van der Waals surface area contributed by atoms with Crippen molar-refractivity contribution in [2.45, 2.75) is 39.2 Å². The summed E-state index contributed by atoms with van der Waals surface area (Å²) in [6, 6.07) is 0. The minimum Gasteiger partial charge on any atom is -0.444 e. The number of piperidine rings is 1. The van der Waals surface area contributed by atoms with Gasteiger partial charge in [-0.3, -0.25) is 0 Å². The number of hydrogen-bond acceptors (Lipinski definition) is 6. The van der Waals surface area contributed by atoms with Gasteiger partial charge in [-0.1, -0.05) is 11.6 Å². The molecule has 8 heteroatoms. The number of halogens is 1. The minimum atomic E-state index is -0.478. The highest BCUT2D eigenvalue weighted by molar-refractivity contribution is 6.35. The molecule has 0 spiro atoms. The predicted molar refractivity (Wildman–Crippen MR) is 90.5 cm³/mol. The smallest absolute Gasteiger partial charge is 0.410 e. The van der Waals surface area contributed by atoms with E-state index in [1.54, 1.807) is 4.90 Å². The topological polar surface area (TPSA) is 93.4 Å². The molecule has 0 aromatic carbocycles. The fourth-order valence-electron chi connectivity index (χ4n) is 2.47. The fraction of sp³-hybridized carbons (Fsp3) is 0.667. The molecule has 0 radical (unpaired) electrons. The Kier molecular flexibility index (Phi) is 5.51. The summed E-state index contributed by atoms with van der Waals surface area (Å²) in [5.41, 5.74) is 5.18. The van der Waals surface area contributed by atoms with Crippen LogP contribution in [0.1, 0.15) is 33.6 Å². The molecule has 7 nitrogen and oxygen atoms in total. The van der Waals surface area contributed by atoms with Crippen molar-refractivity contribution in [1.82, 2.24) is 14.9 Å². The first-order valence-electron chi connectivity index (χ1n) is 7.74. The van der Waals surface area contributed by atoms with Gasteiger partial charge in [0.05, 0.1) is 0 Å². The van der Waals surface area contributed by atoms with Crippen molar-refractivity contribution in [2.24, 2.45) is 5.92 Å². The summed E-state index contributed by atoms with van der Waals surface area (Å²) in [6.45, 7) is 7.66. The first-order chi connectivity index (χ1) is 10.8. The molecular weight excluding hydrogens is 318 g/mol. The molecule has 1 aliphatic heterocycles. The largest absolute Gasteiger partial charge is 0.444 e. The maximum Gasteiger partial charge on any atom is 0.410 e. The molecule has 1 amide bonds. The molecular formula is C15H24ClN5O2. The van der Waals surface area contributed by atoms with E-state index in [0.29, 0.717) is 29.8 Å². The number of nitrogens with two attached hydrogens (primary N) is 1. The van der Waals surface area contributed by atoms with E-state index >= 15 is 0 Å². The average molecular weight is 342 g/mol. The molecule has 2 rings (SSSR count). The molecule has 0 aliphatic carbocycles. The molecule has 1 fully saturated rings. The molecule has 3 N–H and O–H groups in total. The number of rotatable bonds is 3. The van der Waals surface area contributed by atoms with E-state index in [-0.39, 0.29) is 11.9 Å². The van der Waals surface area contributed by atoms with Gasteiger partial charge in [-0.25, -0.2) is 14.8 Å². The zero-order valence-electron chi connectivity index (χ0n) is 13.8. The van der Waals surface area contributed by atoms with Crippen molar-refractivity contribution in [3.05, 3.63) is 11.3 Å². The quantitative estimate of drug-likeness (QED) is 0.878. The molecule has 1 atom stereocenters. The number of likely N-dealkylation sites (tertiary alicyclic amines) is 1. The molecule has 0 saturated carbocycles. The third kappa shape index (κ3) is 5.13. The number of aromatic nitrogens is 2. The summed E-state index contributed by atoms with van der Waals surface area (Å²) < 4.78 is 5.43. The van der Waals surface area contributed by atoms with Crippen LogP contribution in [0.25, 0.3) is 0 Å². The Morgan fingerprint density at radius 2 is 2.26 bits per heavy atom. The molecule has 23 heavy (non-hydrogen) atoms. The summed E-state index contributed by atoms with van der Waals surface area (Å²) in [4.78, 5) is 21.8. The van der Waals surface area contributed by atoms with Crippen molar-refractivity contribution in [3.8, 4) is 0 Å². The maximum absolute atomic E-state index is 12.2. The number of amides is 1. The van der Waals surface area contributed by atoms with E-state index in [2.05, 4.69) is 15.3 Å². The monoisotopic (exact) mass is 341 g/mol. The highest BCUT2D eigenvalue weighted by atomic mass is 35.5. The van der Waals surface area contributed by atoms with Gasteiger partial charge in [0.1, 0.15) is 28.6 Å². The van der Waals surface area contributed by atoms with Crippen molar-refractivity contribution in [2.75, 3.05) is 30.7 Å². The summed E-state index contributed by atoms with van der Waals surface area (Å²) in [7, 11) is 0. The zero-order chi connectivity index (χ0) is 17.0. The fourth-order valence-corrected chi connectivity index (χ4v) is 2.64. The van der Waals surface area contributed by atoms with Crippen LogP contribution < -0.4 is 11.1 Å². The van der Waals surface area contributed by atoms with Crippen LogP contribution in [0.2, 0.25) is 5.02 Å². The number of ether oxygens (including phenoxy) is 1. The van der Waals surface area contributed by atoms with Crippen LogP contribution in [0, 0.1) is 5.92 Å². The highest BCUT2D eigenvalue weighted by Crippen LogP contribution is 2.25. The van der Waals surface area contributed by atoms with Crippen molar-refractivity contribution >= 4 is 29.3 Å². The minimum absolute atomic E-state index is 0.253. The number of carbonyl (C=O) groups is 1. The van der Waals surface area contributed by atoms with Crippen molar-refractivity contribution < 1.29 is 9.53 Å². The molecule has 1 unspecified atom stereocenters. The van der Waals surface area contributed by atoms with E-state index in [1.807, 2.05) is 20.8 Å². The Morgan fingerprint density at radius 1 is 1.52 bits per heavy atom. The molecule has 1 aromatic rings. The van der Waals surface area contributed by atoms with Gasteiger partial charge >= 0.3 is 6.09 Å². The predicted octanol–water partition coefficient (Wildman–Crippen LogP) is 2.77. The second-order valence-corrected chi connectivity index (χ2v) is 7.11. The van der Waals surface area contributed by atoms with Gasteiger partial charge in [0.25, 0.3) is 0 Å². The normalized spacial score (nSPS) is 18.6. The lowest BCUT2D eigenvalue weighted by Crippen LogP contribution is -2.44. The van der Waals surface area contributed by atoms with Crippen molar-refractivity contribution in [1.29, 1.82) is 0 Å². The summed E-state index contributed by atoms with van der Waals surface area (Å²) in [5, 5.41) is 3.52. The lowest BCUT2D eigenvalue weighted by molar-refractivity contribution is 0.0172. The van der Waals surface area contributed by atoms with E-state index in [0.717, 1.165) is 19.4 Å². The molecule has 2 heterocycles. The zero-order valence-corrected chi connectivity index (χ0v) is 14.6. The van der Waals surface area contributed by atoms with Gasteiger partial charge in [0, 0.05) is 19.6 Å². The Morgan fingerprint density at radius 3 is 2.96 bits per heavy atom. The van der Waals surface area contributed by atoms with Crippen LogP contribution >= 0.6 is 11.6 Å². The molecule has 128 valence electrons. The van der Waals surface area contributed by atoms with Crippen LogP contribution in [0.3, 0.4) is 0 Å². The van der Waals surface area contributed by atoms with Gasteiger partial charge in [-0.2, -0.15) is 0 Å². The number of nitrogens with one attached hydrogen (secondary N) is 1. The first kappa shape index (κ1) is 17.6. The third-order valence-electron chi connectivity index (χ3n) is 3.55. The van der Waals surface area contributed by atoms with E-state index < -0.39 is 5.60 Å². The third-order valence-corrected chi connectivity index (χ3v) is 3.92. The average Bonchev–Trinajstić information content (AvgIpc) is 2.47. The lowest BCUT2D eigenvalue weighted by Gasteiger charge is -2.34. The van der Waals surface area contributed by atoms with Crippen LogP contribution in [0.15, 0.2) is 6.33 Å². The summed E-state index contributed by atoms with van der Waals surface area (Å²) >= 11 is 6.07. The summed E-state index contributed by atoms with van der Waals surface area (Å²) in [5.74, 6) is 1.08. The van der Waals surface area contributed by atoms with E-state index in [1.165, 1.54) is 6.33 Å². The number of nitrogen functional groups attached to an aromatic ring is 1. The second-order valence-electron chi connectivity index (χ2n) is 6.74. The Labute approximate surface area is 141 Å². The van der Waals surface area contributed by atoms with E-state index in [9.17, 15) is 4.79 Å². The number of nitrogens with zero attached hydrogens (tertiary/aromatic N) is 3. The lowest BCUT2D eigenvalue weighted by atomic mass is 9.98. The van der Waals surface area contributed by atoms with Crippen LogP contribution in [0.5, 0.6) is 0 Å². The molecule has 1 aromatic heterocycles. The van der Waals surface area contributed by atoms with Gasteiger partial charge in [0.15, 0.2) is 0 Å². The Hall–Kier alpha value is -1.76. The Balaban J connectivity index is 1.89. The summed E-state index contributed by atoms with van der Waals surface area (Å²) in [6.07, 6.45) is 3.10. The standard InChI is InChI=1S/C15H24ClN5O2/c1-15(2,3)23-14(22)21-6-4-5-10(8-21)7-18-13-11(16)12(17)19-9-20-13/h9-10H,4-8H2,1-3H3,(H3,17,18,19,20). The van der Waals surface area contributed by atoms with Crippen LogP contribution in [0.4, 0.5) is 16.4 Å². The molecule has 1 saturated heterocycles. The van der Waals surface area contributed by atoms with Gasteiger partial charge in [0.2, 0.25) is 0 Å². The SMILES string of the molecule is CC(C)(C)OC(=O)N1CCCC(CNc2ncnc(N)c2Cl)C1. The number of carbonyl (C=O) groups excluding carboxylic acids is 1. The van der Waals surface area contributed by atoms with Crippen LogP contribution in [-0.2, 0) is 4.74 Å². The van der Waals surface area contributed by atoms with E-state index in [4.69, 9.17) is 22.1 Å². The van der Waals surface area contributed by atoms with Gasteiger partial charge in [-0.15, -0.1) is 0 Å². The molecule has 1 aliphatic rings. The molecule has 0 bridgehead atoms. The Bertz CT molecular complexity index is 561. The first-order valence-corrected chi connectivity index (χ1v) is 8.12. The van der Waals surface area contributed by atoms with Crippen LogP contribution in [-0.4, -0.2) is 46.2 Å². The van der Waals surface area contributed by atoms with Gasteiger partial charge in [-0.05, 0) is 39.5 Å². The number of anilines is 2. The highest BCUT2D eigenvalue weighted by Gasteiger charge is 2.27.